The van der Waals surface area contributed by atoms with Gasteiger partial charge in [-0.05, 0) is 16.3 Å². The molecule has 0 heterocycles. The summed E-state index contributed by atoms with van der Waals surface area (Å²) in [7, 11) is -4.96. The van der Waals surface area contributed by atoms with Crippen LogP contribution in [-0.2, 0) is 13.6 Å². The highest BCUT2D eigenvalue weighted by atomic mass is 31.2. The third kappa shape index (κ3) is 5.33. The van der Waals surface area contributed by atoms with Gasteiger partial charge in [0.2, 0.25) is 0 Å². The molecule has 0 fully saturated rings. The second-order valence-electron chi connectivity index (χ2n) is 5.25. The minimum Gasteiger partial charge on any atom is -0.296 e. The molecule has 0 unspecified atom stereocenters. The van der Waals surface area contributed by atoms with Gasteiger partial charge in [-0.2, -0.15) is 26.3 Å². The third-order valence-electron chi connectivity index (χ3n) is 3.23. The lowest BCUT2D eigenvalue weighted by atomic mass is 10.0. The Morgan fingerprint density at radius 3 is 1.92 bits per heavy atom. The van der Waals surface area contributed by atoms with Crippen LogP contribution < -0.4 is 0 Å². The number of hydrogen-bond donors (Lipinski definition) is 0. The first-order valence-corrected chi connectivity index (χ1v) is 8.66. The van der Waals surface area contributed by atoms with Crippen LogP contribution in [0, 0.1) is 0 Å². The summed E-state index contributed by atoms with van der Waals surface area (Å²) in [6.07, 6.45) is -9.81. The lowest BCUT2D eigenvalue weighted by molar-refractivity contribution is -0.164. The van der Waals surface area contributed by atoms with Gasteiger partial charge in [-0.25, -0.2) is 0 Å². The topological polar surface area (TPSA) is 35.5 Å². The van der Waals surface area contributed by atoms with Gasteiger partial charge in [-0.1, -0.05) is 49.0 Å². The van der Waals surface area contributed by atoms with E-state index in [1.54, 1.807) is 30.3 Å². The largest absolute Gasteiger partial charge is 0.412 e. The molecule has 0 bridgehead atoms. The SMILES string of the molecule is C=C(c1cccc2ccccc12)P(=O)(OCC(F)(F)F)OCC(F)(F)F. The van der Waals surface area contributed by atoms with E-state index < -0.39 is 38.5 Å². The zero-order chi connectivity index (χ0) is 19.6. The number of halogens is 6. The first kappa shape index (κ1) is 20.5. The third-order valence-corrected chi connectivity index (χ3v) is 5.07. The second kappa shape index (κ2) is 7.42. The fourth-order valence-corrected chi connectivity index (χ4v) is 3.64. The maximum atomic E-state index is 12.7. The van der Waals surface area contributed by atoms with Crippen molar-refractivity contribution in [3.8, 4) is 0 Å². The minimum absolute atomic E-state index is 0.0794. The maximum Gasteiger partial charge on any atom is 0.412 e. The molecule has 10 heteroatoms. The van der Waals surface area contributed by atoms with Crippen molar-refractivity contribution in [1.82, 2.24) is 0 Å². The van der Waals surface area contributed by atoms with E-state index in [1.165, 1.54) is 12.1 Å². The summed E-state index contributed by atoms with van der Waals surface area (Å²) in [5.41, 5.74) is 0.0794. The van der Waals surface area contributed by atoms with Crippen LogP contribution in [0.3, 0.4) is 0 Å². The number of hydrogen-bond acceptors (Lipinski definition) is 3. The fourth-order valence-electron chi connectivity index (χ4n) is 2.13. The number of benzene rings is 2. The zero-order valence-electron chi connectivity index (χ0n) is 13.1. The lowest BCUT2D eigenvalue weighted by Crippen LogP contribution is -2.20. The highest BCUT2D eigenvalue weighted by Crippen LogP contribution is 2.61. The molecule has 0 aromatic heterocycles. The van der Waals surface area contributed by atoms with Crippen molar-refractivity contribution in [2.45, 2.75) is 12.4 Å². The van der Waals surface area contributed by atoms with Crippen LogP contribution >= 0.6 is 7.60 Å². The van der Waals surface area contributed by atoms with Crippen molar-refractivity contribution in [2.24, 2.45) is 0 Å². The Morgan fingerprint density at radius 1 is 0.885 bits per heavy atom. The van der Waals surface area contributed by atoms with E-state index in [1.807, 2.05) is 0 Å². The van der Waals surface area contributed by atoms with Crippen LogP contribution in [-0.4, -0.2) is 25.6 Å². The van der Waals surface area contributed by atoms with Crippen LogP contribution in [0.4, 0.5) is 26.3 Å². The minimum atomic E-state index is -4.96. The summed E-state index contributed by atoms with van der Waals surface area (Å²) >= 11 is 0. The molecule has 2 aromatic carbocycles. The summed E-state index contributed by atoms with van der Waals surface area (Å²) in [6.45, 7) is -0.671. The molecule has 0 amide bonds. The Kier molecular flexibility index (Phi) is 5.85. The molecule has 142 valence electrons. The van der Waals surface area contributed by atoms with Crippen molar-refractivity contribution >= 4 is 23.7 Å². The van der Waals surface area contributed by atoms with Crippen molar-refractivity contribution < 1.29 is 40.0 Å². The van der Waals surface area contributed by atoms with Gasteiger partial charge in [0.25, 0.3) is 0 Å². The van der Waals surface area contributed by atoms with Gasteiger partial charge in [0.1, 0.15) is 0 Å². The molecular formula is C16H13F6O3P. The Labute approximate surface area is 144 Å². The summed E-state index contributed by atoms with van der Waals surface area (Å²) in [5, 5.41) is 0.485. The zero-order valence-corrected chi connectivity index (χ0v) is 14.0. The van der Waals surface area contributed by atoms with Crippen LogP contribution in [0.2, 0.25) is 0 Å². The van der Waals surface area contributed by atoms with Crippen LogP contribution in [0.5, 0.6) is 0 Å². The number of fused-ring (bicyclic) bond motifs is 1. The molecule has 0 N–H and O–H groups in total. The Morgan fingerprint density at radius 2 is 1.38 bits per heavy atom. The molecule has 0 saturated carbocycles. The quantitative estimate of drug-likeness (QED) is 0.432. The molecule has 2 rings (SSSR count). The average molecular weight is 398 g/mol. The molecule has 26 heavy (non-hydrogen) atoms. The highest BCUT2D eigenvalue weighted by molar-refractivity contribution is 7.65. The van der Waals surface area contributed by atoms with E-state index in [4.69, 9.17) is 0 Å². The molecular weight excluding hydrogens is 385 g/mol. The van der Waals surface area contributed by atoms with E-state index in [-0.39, 0.29) is 5.56 Å². The van der Waals surface area contributed by atoms with Gasteiger partial charge >= 0.3 is 19.9 Å². The lowest BCUT2D eigenvalue weighted by Gasteiger charge is -2.22. The first-order chi connectivity index (χ1) is 11.9. The van der Waals surface area contributed by atoms with Crippen molar-refractivity contribution in [3.63, 3.8) is 0 Å². The second-order valence-corrected chi connectivity index (χ2v) is 7.30. The number of rotatable bonds is 6. The normalized spacial score (nSPS) is 13.2. The van der Waals surface area contributed by atoms with Gasteiger partial charge in [-0.3, -0.25) is 13.6 Å². The Balaban J connectivity index is 2.42. The molecule has 0 spiro atoms. The predicted octanol–water partition coefficient (Wildman–Crippen LogP) is 6.16. The summed E-state index contributed by atoms with van der Waals surface area (Å²) in [4.78, 5) is 0. The Bertz CT molecular complexity index is 816. The van der Waals surface area contributed by atoms with E-state index in [0.29, 0.717) is 10.8 Å². The molecule has 3 nitrogen and oxygen atoms in total. The van der Waals surface area contributed by atoms with E-state index in [0.717, 1.165) is 0 Å². The number of alkyl halides is 6. The standard InChI is InChI=1S/C16H13F6O3P/c1-11(13-8-4-6-12-5-2-3-7-14(12)13)26(23,24-9-15(17,18)19)25-10-16(20,21)22/h2-8H,1,9-10H2. The van der Waals surface area contributed by atoms with E-state index in [2.05, 4.69) is 15.6 Å². The fraction of sp³-hybridized carbons (Fsp3) is 0.250. The monoisotopic (exact) mass is 398 g/mol. The van der Waals surface area contributed by atoms with Crippen molar-refractivity contribution in [3.05, 3.63) is 54.6 Å². The molecule has 0 saturated heterocycles. The smallest absolute Gasteiger partial charge is 0.296 e. The maximum absolute atomic E-state index is 12.7. The van der Waals surface area contributed by atoms with Gasteiger partial charge in [0, 0.05) is 0 Å². The highest BCUT2D eigenvalue weighted by Gasteiger charge is 2.40. The summed E-state index contributed by atoms with van der Waals surface area (Å²) < 4.78 is 95.8. The summed E-state index contributed by atoms with van der Waals surface area (Å²) in [5.74, 6) is 0. The van der Waals surface area contributed by atoms with Crippen LogP contribution in [0.1, 0.15) is 5.56 Å². The molecule has 0 aliphatic heterocycles. The first-order valence-electron chi connectivity index (χ1n) is 7.11. The van der Waals surface area contributed by atoms with Crippen molar-refractivity contribution in [1.29, 1.82) is 0 Å². The molecule has 0 aliphatic carbocycles. The van der Waals surface area contributed by atoms with Crippen molar-refractivity contribution in [2.75, 3.05) is 13.2 Å². The van der Waals surface area contributed by atoms with Gasteiger partial charge in [0.15, 0.2) is 13.2 Å². The Hall–Kier alpha value is -1.83. The van der Waals surface area contributed by atoms with E-state index >= 15 is 0 Å². The van der Waals surface area contributed by atoms with Gasteiger partial charge in [-0.15, -0.1) is 0 Å². The van der Waals surface area contributed by atoms with Crippen LogP contribution in [0.15, 0.2) is 49.0 Å². The van der Waals surface area contributed by atoms with E-state index in [9.17, 15) is 30.9 Å². The molecule has 0 radical (unpaired) electrons. The van der Waals surface area contributed by atoms with Crippen LogP contribution in [0.25, 0.3) is 16.1 Å². The average Bonchev–Trinajstić information content (AvgIpc) is 2.56. The predicted molar refractivity (Wildman–Crippen MR) is 84.6 cm³/mol. The van der Waals surface area contributed by atoms with Gasteiger partial charge in [0.05, 0.1) is 5.31 Å². The molecule has 0 aliphatic rings. The van der Waals surface area contributed by atoms with Gasteiger partial charge < -0.3 is 0 Å². The summed E-state index contributed by atoms with van der Waals surface area (Å²) in [6, 6.07) is 11.1. The molecule has 2 aromatic rings. The molecule has 0 atom stereocenters.